The Bertz CT molecular complexity index is 1210. The number of hydrogen-bond donors (Lipinski definition) is 4. The molecule has 5 rings (SSSR count). The quantitative estimate of drug-likeness (QED) is 0.379. The summed E-state index contributed by atoms with van der Waals surface area (Å²) in [5.41, 5.74) is 6.77. The number of imidazole rings is 1. The van der Waals surface area contributed by atoms with E-state index in [1.54, 1.807) is 18.3 Å². The van der Waals surface area contributed by atoms with Crippen LogP contribution in [0.5, 0.6) is 0 Å². The molecule has 0 saturated heterocycles. The number of fused-ring (bicyclic) bond motifs is 1. The highest BCUT2D eigenvalue weighted by atomic mass is 35.5. The molecule has 9 nitrogen and oxygen atoms in total. The van der Waals surface area contributed by atoms with Crippen LogP contribution in [0.25, 0.3) is 11.2 Å². The maximum atomic E-state index is 14.6. The maximum Gasteiger partial charge on any atom is 0.224 e. The van der Waals surface area contributed by atoms with Gasteiger partial charge in [0.1, 0.15) is 11.3 Å². The fourth-order valence-electron chi connectivity index (χ4n) is 5.29. The van der Waals surface area contributed by atoms with E-state index in [1.165, 1.54) is 6.07 Å². The lowest BCUT2D eigenvalue weighted by atomic mass is 9.84. The number of aliphatic hydroxyl groups excluding tert-OH is 1. The number of halogens is 2. The first-order valence-electron chi connectivity index (χ1n) is 12.1. The maximum absolute atomic E-state index is 14.6. The second-order valence-corrected chi connectivity index (χ2v) is 9.99. The van der Waals surface area contributed by atoms with E-state index in [4.69, 9.17) is 22.3 Å². The normalized spacial score (nSPS) is 24.5. The number of amides is 1. The summed E-state index contributed by atoms with van der Waals surface area (Å²) in [6.45, 7) is 0. The van der Waals surface area contributed by atoms with E-state index in [0.29, 0.717) is 35.9 Å². The molecule has 35 heavy (non-hydrogen) atoms. The van der Waals surface area contributed by atoms with Crippen LogP contribution in [0.2, 0.25) is 5.02 Å². The van der Waals surface area contributed by atoms with E-state index in [9.17, 15) is 14.3 Å². The smallest absolute Gasteiger partial charge is 0.224 e. The molecule has 0 radical (unpaired) electrons. The Balaban J connectivity index is 1.49. The van der Waals surface area contributed by atoms with Crippen molar-refractivity contribution in [2.45, 2.75) is 69.6 Å². The average molecular weight is 502 g/mol. The zero-order valence-electron chi connectivity index (χ0n) is 19.3. The van der Waals surface area contributed by atoms with Crippen LogP contribution in [0.3, 0.4) is 0 Å². The Hall–Kier alpha value is -2.98. The number of nitrogens with two attached hydrogens (primary N) is 1. The third-order valence-electron chi connectivity index (χ3n) is 7.04. The first-order valence-corrected chi connectivity index (χ1v) is 12.4. The van der Waals surface area contributed by atoms with Crippen molar-refractivity contribution in [3.8, 4) is 0 Å². The van der Waals surface area contributed by atoms with Crippen molar-refractivity contribution in [3.63, 3.8) is 0 Å². The van der Waals surface area contributed by atoms with Crippen LogP contribution in [-0.2, 0) is 4.79 Å². The third kappa shape index (κ3) is 5.18. The molecule has 0 aliphatic heterocycles. The number of para-hydroxylation sites is 1. The number of rotatable bonds is 7. The second kappa shape index (κ2) is 9.94. The molecule has 2 saturated carbocycles. The van der Waals surface area contributed by atoms with Gasteiger partial charge in [-0.05, 0) is 63.0 Å². The highest BCUT2D eigenvalue weighted by Gasteiger charge is 2.29. The number of carbonyl (C=O) groups excluding carboxylic acids is 1. The summed E-state index contributed by atoms with van der Waals surface area (Å²) in [5.74, 6) is 0.411. The third-order valence-corrected chi connectivity index (χ3v) is 7.36. The van der Waals surface area contributed by atoms with Gasteiger partial charge in [-0.2, -0.15) is 4.98 Å². The van der Waals surface area contributed by atoms with E-state index in [-0.39, 0.29) is 40.7 Å². The lowest BCUT2D eigenvalue weighted by Crippen LogP contribution is -2.23. The minimum absolute atomic E-state index is 0.0493. The van der Waals surface area contributed by atoms with E-state index in [0.717, 1.165) is 38.5 Å². The molecule has 2 atom stereocenters. The number of hydrogen-bond acceptors (Lipinski definition) is 7. The molecule has 2 heterocycles. The van der Waals surface area contributed by atoms with Gasteiger partial charge in [0.05, 0.1) is 23.0 Å². The van der Waals surface area contributed by atoms with Crippen LogP contribution in [0.1, 0.15) is 57.4 Å². The van der Waals surface area contributed by atoms with Crippen LogP contribution < -0.4 is 16.4 Å². The molecule has 2 aliphatic rings. The van der Waals surface area contributed by atoms with Gasteiger partial charge in [0.2, 0.25) is 17.8 Å². The first kappa shape index (κ1) is 23.7. The van der Waals surface area contributed by atoms with Gasteiger partial charge >= 0.3 is 0 Å². The van der Waals surface area contributed by atoms with E-state index in [1.807, 2.05) is 4.57 Å². The fourth-order valence-corrected chi connectivity index (χ4v) is 5.50. The second-order valence-electron chi connectivity index (χ2n) is 9.58. The van der Waals surface area contributed by atoms with Gasteiger partial charge < -0.3 is 21.5 Å². The van der Waals surface area contributed by atoms with Crippen LogP contribution in [0.4, 0.5) is 22.0 Å². The number of carbonyl (C=O) groups is 1. The van der Waals surface area contributed by atoms with Gasteiger partial charge in [-0.15, -0.1) is 0 Å². The van der Waals surface area contributed by atoms with Crippen molar-refractivity contribution < 1.29 is 14.3 Å². The lowest BCUT2D eigenvalue weighted by molar-refractivity contribution is -0.119. The Labute approximate surface area is 207 Å². The number of benzene rings is 1. The zero-order chi connectivity index (χ0) is 24.5. The number of aromatic nitrogens is 4. The molecule has 0 bridgehead atoms. The zero-order valence-corrected chi connectivity index (χ0v) is 20.0. The molecular weight excluding hydrogens is 473 g/mol. The van der Waals surface area contributed by atoms with Gasteiger partial charge in [0.25, 0.3) is 0 Å². The predicted octanol–water partition coefficient (Wildman–Crippen LogP) is 4.29. The molecule has 2 fully saturated rings. The summed E-state index contributed by atoms with van der Waals surface area (Å²) in [7, 11) is 0. The molecule has 1 aromatic carbocycles. The number of nitrogens with zero attached hydrogens (tertiary/aromatic N) is 4. The molecule has 186 valence electrons. The molecular formula is C24H29ClFN7O2. The summed E-state index contributed by atoms with van der Waals surface area (Å²) < 4.78 is 16.6. The Morgan fingerprint density at radius 2 is 2.00 bits per heavy atom. The Morgan fingerprint density at radius 3 is 2.69 bits per heavy atom. The number of anilines is 3. The Morgan fingerprint density at radius 1 is 1.20 bits per heavy atom. The minimum atomic E-state index is -0.477. The predicted molar refractivity (Wildman–Crippen MR) is 132 cm³/mol. The standard InChI is InChI=1S/C24H29ClFN7O2/c25-17-2-1-3-18(26)21(17)31-24-30-19-12-28-23(29-14-6-9-16(34)11-14)32-22(19)33(24)15-7-4-13(5-8-15)10-20(27)35/h1-3,12-16,34H,4-11H2,(H2,27,35)(H,30,31)(H,28,29,32)/t13-,14-,15+,16-/m0/s1. The van der Waals surface area contributed by atoms with Crippen molar-refractivity contribution >= 4 is 46.3 Å². The number of aliphatic hydroxyl groups is 1. The van der Waals surface area contributed by atoms with Gasteiger partial charge in [-0.1, -0.05) is 17.7 Å². The van der Waals surface area contributed by atoms with E-state index < -0.39 is 5.82 Å². The van der Waals surface area contributed by atoms with E-state index in [2.05, 4.69) is 20.6 Å². The van der Waals surface area contributed by atoms with Crippen molar-refractivity contribution in [2.24, 2.45) is 11.7 Å². The minimum Gasteiger partial charge on any atom is -0.393 e. The van der Waals surface area contributed by atoms with Gasteiger partial charge in [-0.25, -0.2) is 14.4 Å². The average Bonchev–Trinajstić information content (AvgIpc) is 3.39. The SMILES string of the molecule is NC(=O)C[C@H]1CC[C@@H](n2c(Nc3c(F)cccc3Cl)nc3cnc(N[C@H]4CC[C@H](O)C4)nc32)CC1. The van der Waals surface area contributed by atoms with Crippen LogP contribution >= 0.6 is 11.6 Å². The number of nitrogens with one attached hydrogen (secondary N) is 2. The van der Waals surface area contributed by atoms with Crippen LogP contribution in [0.15, 0.2) is 24.4 Å². The van der Waals surface area contributed by atoms with Crippen LogP contribution in [0, 0.1) is 11.7 Å². The van der Waals surface area contributed by atoms with Crippen molar-refractivity contribution in [1.29, 1.82) is 0 Å². The largest absolute Gasteiger partial charge is 0.393 e. The molecule has 5 N–H and O–H groups in total. The Kier molecular flexibility index (Phi) is 6.75. The highest BCUT2D eigenvalue weighted by Crippen LogP contribution is 2.39. The summed E-state index contributed by atoms with van der Waals surface area (Å²) in [6, 6.07) is 4.67. The van der Waals surface area contributed by atoms with Crippen molar-refractivity contribution in [3.05, 3.63) is 35.2 Å². The summed E-state index contributed by atoms with van der Waals surface area (Å²) in [6.07, 6.45) is 7.31. The topological polar surface area (TPSA) is 131 Å². The molecule has 2 aliphatic carbocycles. The monoisotopic (exact) mass is 501 g/mol. The molecule has 11 heteroatoms. The van der Waals surface area contributed by atoms with Crippen molar-refractivity contribution in [1.82, 2.24) is 19.5 Å². The molecule has 0 unspecified atom stereocenters. The molecule has 2 aromatic heterocycles. The van der Waals surface area contributed by atoms with Crippen molar-refractivity contribution in [2.75, 3.05) is 10.6 Å². The van der Waals surface area contributed by atoms with Gasteiger partial charge in [0.15, 0.2) is 5.65 Å². The number of primary amides is 1. The fraction of sp³-hybridized carbons (Fsp3) is 0.500. The van der Waals surface area contributed by atoms with Crippen LogP contribution in [-0.4, -0.2) is 42.7 Å². The summed E-state index contributed by atoms with van der Waals surface area (Å²) >= 11 is 6.27. The first-order chi connectivity index (χ1) is 16.9. The summed E-state index contributed by atoms with van der Waals surface area (Å²) in [5, 5.41) is 16.5. The summed E-state index contributed by atoms with van der Waals surface area (Å²) in [4.78, 5) is 25.3. The van der Waals surface area contributed by atoms with Gasteiger partial charge in [0, 0.05) is 18.5 Å². The van der Waals surface area contributed by atoms with E-state index >= 15 is 0 Å². The molecule has 3 aromatic rings. The molecule has 0 spiro atoms. The van der Waals surface area contributed by atoms with Gasteiger partial charge in [-0.3, -0.25) is 9.36 Å². The molecule has 1 amide bonds. The highest BCUT2D eigenvalue weighted by molar-refractivity contribution is 6.33. The lowest BCUT2D eigenvalue weighted by Gasteiger charge is -2.30.